The van der Waals surface area contributed by atoms with Crippen molar-refractivity contribution in [3.63, 3.8) is 0 Å². The van der Waals surface area contributed by atoms with Crippen LogP contribution in [0, 0.1) is 0 Å². The van der Waals surface area contributed by atoms with Gasteiger partial charge in [0.1, 0.15) is 5.02 Å². The van der Waals surface area contributed by atoms with E-state index in [1.807, 2.05) is 18.2 Å². The van der Waals surface area contributed by atoms with Crippen LogP contribution in [0.4, 0.5) is 18.9 Å². The summed E-state index contributed by atoms with van der Waals surface area (Å²) in [7, 11) is 0. The lowest BCUT2D eigenvalue weighted by Crippen LogP contribution is -2.33. The second-order valence-corrected chi connectivity index (χ2v) is 7.86. The van der Waals surface area contributed by atoms with Crippen molar-refractivity contribution < 1.29 is 13.2 Å². The number of alkyl halides is 3. The first-order valence-corrected chi connectivity index (χ1v) is 10.3. The van der Waals surface area contributed by atoms with E-state index < -0.39 is 17.3 Å². The van der Waals surface area contributed by atoms with Crippen molar-refractivity contribution >= 4 is 17.3 Å². The summed E-state index contributed by atoms with van der Waals surface area (Å²) in [6.07, 6.45) is 1.47. The van der Waals surface area contributed by atoms with Gasteiger partial charge in [-0.2, -0.15) is 23.0 Å². The van der Waals surface area contributed by atoms with Gasteiger partial charge in [0.25, 0.3) is 5.56 Å². The lowest BCUT2D eigenvalue weighted by Gasteiger charge is -2.27. The molecular weight excluding hydrogens is 429 g/mol. The Bertz CT molecular complexity index is 1100. The maximum absolute atomic E-state index is 12.8. The Morgan fingerprint density at radius 2 is 1.87 bits per heavy atom. The Morgan fingerprint density at radius 3 is 2.55 bits per heavy atom. The summed E-state index contributed by atoms with van der Waals surface area (Å²) in [5, 5.41) is 4.12. The third-order valence-electron chi connectivity index (χ3n) is 5.49. The average Bonchev–Trinajstić information content (AvgIpc) is 3.23. The Balaban J connectivity index is 1.56. The molecule has 2 aromatic heterocycles. The Kier molecular flexibility index (Phi) is 6.00. The highest BCUT2D eigenvalue weighted by atomic mass is 35.5. The molecule has 0 amide bonds. The molecule has 0 aliphatic carbocycles. The molecule has 1 fully saturated rings. The summed E-state index contributed by atoms with van der Waals surface area (Å²) in [4.78, 5) is 18.6. The summed E-state index contributed by atoms with van der Waals surface area (Å²) in [6.45, 7) is 0.767. The molecule has 1 saturated heterocycles. The third kappa shape index (κ3) is 4.58. The highest BCUT2D eigenvalue weighted by molar-refractivity contribution is 6.33. The van der Waals surface area contributed by atoms with Crippen LogP contribution in [0.3, 0.4) is 0 Å². The molecule has 9 heteroatoms. The fourth-order valence-electron chi connectivity index (χ4n) is 3.90. The normalized spacial score (nSPS) is 16.6. The molecule has 1 aliphatic heterocycles. The second kappa shape index (κ2) is 8.70. The van der Waals surface area contributed by atoms with Gasteiger partial charge in [0.05, 0.1) is 17.4 Å². The first-order valence-electron chi connectivity index (χ1n) is 9.96. The first kappa shape index (κ1) is 21.4. The van der Waals surface area contributed by atoms with Gasteiger partial charge >= 0.3 is 6.18 Å². The molecule has 1 unspecified atom stereocenters. The molecule has 162 valence electrons. The Labute approximate surface area is 182 Å². The van der Waals surface area contributed by atoms with Gasteiger partial charge in [-0.1, -0.05) is 41.9 Å². The van der Waals surface area contributed by atoms with Crippen molar-refractivity contribution in [3.05, 3.63) is 81.4 Å². The Morgan fingerprint density at radius 1 is 1.10 bits per heavy atom. The van der Waals surface area contributed by atoms with Gasteiger partial charge in [-0.15, -0.1) is 0 Å². The molecule has 4 rings (SSSR count). The van der Waals surface area contributed by atoms with Gasteiger partial charge in [-0.25, -0.2) is 4.98 Å². The number of hydrogen-bond donors (Lipinski definition) is 0. The number of anilines is 1. The summed E-state index contributed by atoms with van der Waals surface area (Å²) >= 11 is 6.39. The predicted molar refractivity (Wildman–Crippen MR) is 113 cm³/mol. The SMILES string of the molecule is O=c1c(Cl)c(N2CCCC2CCc2ccccc2)cnn1-c1ccc(C(F)(F)F)cn1. The van der Waals surface area contributed by atoms with Crippen molar-refractivity contribution in [1.82, 2.24) is 14.8 Å². The van der Waals surface area contributed by atoms with Gasteiger partial charge in [0.2, 0.25) is 0 Å². The van der Waals surface area contributed by atoms with E-state index in [1.165, 1.54) is 11.8 Å². The molecule has 1 aliphatic rings. The standard InChI is InChI=1S/C22H20ClF3N4O/c23-20-18(29-12-4-7-17(29)10-8-15-5-2-1-3-6-15)14-28-30(21(20)31)19-11-9-16(13-27-19)22(24,25)26/h1-3,5-6,9,11,13-14,17H,4,7-8,10,12H2. The monoisotopic (exact) mass is 448 g/mol. The van der Waals surface area contributed by atoms with E-state index in [1.54, 1.807) is 0 Å². The second-order valence-electron chi connectivity index (χ2n) is 7.48. The molecule has 1 atom stereocenters. The van der Waals surface area contributed by atoms with E-state index in [9.17, 15) is 18.0 Å². The zero-order valence-corrected chi connectivity index (χ0v) is 17.3. The van der Waals surface area contributed by atoms with Crippen LogP contribution >= 0.6 is 11.6 Å². The molecule has 0 bridgehead atoms. The highest BCUT2D eigenvalue weighted by Crippen LogP contribution is 2.32. The van der Waals surface area contributed by atoms with Crippen molar-refractivity contribution in [2.45, 2.75) is 37.9 Å². The number of rotatable bonds is 5. The number of halogens is 4. The maximum atomic E-state index is 12.8. The van der Waals surface area contributed by atoms with Crippen LogP contribution < -0.4 is 10.5 Å². The van der Waals surface area contributed by atoms with Crippen LogP contribution in [-0.4, -0.2) is 27.4 Å². The summed E-state index contributed by atoms with van der Waals surface area (Å²) in [5.41, 5.74) is 0.290. The van der Waals surface area contributed by atoms with E-state index in [2.05, 4.69) is 27.1 Å². The minimum absolute atomic E-state index is 0.0108. The first-order chi connectivity index (χ1) is 14.8. The Hall–Kier alpha value is -2.87. The number of benzene rings is 1. The largest absolute Gasteiger partial charge is 0.417 e. The van der Waals surface area contributed by atoms with Gasteiger partial charge in [0, 0.05) is 18.8 Å². The number of hydrogen-bond acceptors (Lipinski definition) is 4. The van der Waals surface area contributed by atoms with E-state index >= 15 is 0 Å². The van der Waals surface area contributed by atoms with Crippen LogP contribution in [-0.2, 0) is 12.6 Å². The van der Waals surface area contributed by atoms with Crippen LogP contribution in [0.25, 0.3) is 5.82 Å². The van der Waals surface area contributed by atoms with Crippen molar-refractivity contribution in [1.29, 1.82) is 0 Å². The van der Waals surface area contributed by atoms with Crippen LogP contribution in [0.1, 0.15) is 30.4 Å². The summed E-state index contributed by atoms with van der Waals surface area (Å²) in [5.74, 6) is -0.0199. The number of aryl methyl sites for hydroxylation is 1. The summed E-state index contributed by atoms with van der Waals surface area (Å²) in [6, 6.07) is 12.4. The lowest BCUT2D eigenvalue weighted by atomic mass is 10.0. The molecule has 0 N–H and O–H groups in total. The molecule has 31 heavy (non-hydrogen) atoms. The average molecular weight is 449 g/mol. The predicted octanol–water partition coefficient (Wildman–Crippen LogP) is 4.90. The van der Waals surface area contributed by atoms with Gasteiger partial charge in [-0.3, -0.25) is 4.79 Å². The van der Waals surface area contributed by atoms with E-state index in [4.69, 9.17) is 11.6 Å². The maximum Gasteiger partial charge on any atom is 0.417 e. The van der Waals surface area contributed by atoms with Crippen molar-refractivity contribution in [3.8, 4) is 5.82 Å². The van der Waals surface area contributed by atoms with Gasteiger partial charge < -0.3 is 4.90 Å². The lowest BCUT2D eigenvalue weighted by molar-refractivity contribution is -0.137. The smallest absolute Gasteiger partial charge is 0.366 e. The molecule has 3 heterocycles. The van der Waals surface area contributed by atoms with E-state index in [0.29, 0.717) is 11.9 Å². The number of pyridine rings is 1. The molecular formula is C22H20ClF3N4O. The van der Waals surface area contributed by atoms with E-state index in [-0.39, 0.29) is 16.9 Å². The fraction of sp³-hybridized carbons (Fsp3) is 0.318. The van der Waals surface area contributed by atoms with Crippen LogP contribution in [0.5, 0.6) is 0 Å². The van der Waals surface area contributed by atoms with Gasteiger partial charge in [0.15, 0.2) is 5.82 Å². The zero-order valence-electron chi connectivity index (χ0n) is 16.5. The van der Waals surface area contributed by atoms with Crippen molar-refractivity contribution in [2.75, 3.05) is 11.4 Å². The van der Waals surface area contributed by atoms with Crippen LogP contribution in [0.15, 0.2) is 59.7 Å². The molecule has 0 radical (unpaired) electrons. The molecule has 1 aromatic carbocycles. The van der Waals surface area contributed by atoms with Crippen molar-refractivity contribution in [2.24, 2.45) is 0 Å². The fourth-order valence-corrected chi connectivity index (χ4v) is 4.13. The van der Waals surface area contributed by atoms with Crippen LogP contribution in [0.2, 0.25) is 5.02 Å². The minimum atomic E-state index is -4.50. The molecule has 0 spiro atoms. The topological polar surface area (TPSA) is 51.0 Å². The highest BCUT2D eigenvalue weighted by Gasteiger charge is 2.31. The number of nitrogens with zero attached hydrogens (tertiary/aromatic N) is 4. The molecule has 3 aromatic rings. The quantitative estimate of drug-likeness (QED) is 0.557. The summed E-state index contributed by atoms with van der Waals surface area (Å²) < 4.78 is 39.2. The zero-order chi connectivity index (χ0) is 22.0. The molecule has 5 nitrogen and oxygen atoms in total. The number of aromatic nitrogens is 3. The molecule has 0 saturated carbocycles. The van der Waals surface area contributed by atoms with E-state index in [0.717, 1.165) is 49.0 Å². The van der Waals surface area contributed by atoms with Gasteiger partial charge in [-0.05, 0) is 43.4 Å². The third-order valence-corrected chi connectivity index (χ3v) is 5.84. The minimum Gasteiger partial charge on any atom is -0.366 e.